The third-order valence-corrected chi connectivity index (χ3v) is 10.4. The number of fused-ring (bicyclic) bond motifs is 8. The van der Waals surface area contributed by atoms with Gasteiger partial charge in [0.2, 0.25) is 0 Å². The highest BCUT2D eigenvalue weighted by molar-refractivity contribution is 6.12. The molecule has 2 fully saturated rings. The van der Waals surface area contributed by atoms with E-state index in [1.54, 1.807) is 21.5 Å². The zero-order chi connectivity index (χ0) is 35.2. The first-order valence-corrected chi connectivity index (χ1v) is 17.8. The Balaban J connectivity index is 0.000000138. The Labute approximate surface area is 299 Å². The van der Waals surface area contributed by atoms with Crippen molar-refractivity contribution >= 4 is 33.6 Å². The van der Waals surface area contributed by atoms with Crippen LogP contribution in [0.15, 0.2) is 90.0 Å². The number of aromatic nitrogens is 4. The topological polar surface area (TPSA) is 113 Å². The summed E-state index contributed by atoms with van der Waals surface area (Å²) >= 11 is 0. The van der Waals surface area contributed by atoms with Gasteiger partial charge in [-0.15, -0.1) is 0 Å². The first-order valence-electron chi connectivity index (χ1n) is 17.8. The van der Waals surface area contributed by atoms with Crippen LogP contribution in [0.3, 0.4) is 0 Å². The fourth-order valence-corrected chi connectivity index (χ4v) is 7.73. The summed E-state index contributed by atoms with van der Waals surface area (Å²) in [5, 5.41) is 1.60. The summed E-state index contributed by atoms with van der Waals surface area (Å²) in [4.78, 5) is 48.0. The summed E-state index contributed by atoms with van der Waals surface area (Å²) in [5.74, 6) is 0.540. The Morgan fingerprint density at radius 1 is 0.635 bits per heavy atom. The number of para-hydroxylation sites is 2. The lowest BCUT2D eigenvalue weighted by Gasteiger charge is -2.27. The van der Waals surface area contributed by atoms with E-state index in [4.69, 9.17) is 14.2 Å². The number of carbonyl (C=O) groups is 2. The Bertz CT molecular complexity index is 2400. The molecule has 0 saturated carbocycles. The predicted octanol–water partition coefficient (Wildman–Crippen LogP) is 4.22. The molecule has 4 aliphatic rings. The first-order chi connectivity index (χ1) is 25.6. The van der Waals surface area contributed by atoms with Gasteiger partial charge in [-0.05, 0) is 48.5 Å². The van der Waals surface area contributed by atoms with Gasteiger partial charge in [-0.3, -0.25) is 33.3 Å². The second-order valence-electron chi connectivity index (χ2n) is 13.3. The smallest absolute Gasteiger partial charge is 0.281 e. The molecular formula is C40H38N6O6. The van der Waals surface area contributed by atoms with Crippen LogP contribution >= 0.6 is 0 Å². The normalized spacial score (nSPS) is 16.8. The Hall–Kier alpha value is -5.40. The second kappa shape index (κ2) is 13.6. The van der Waals surface area contributed by atoms with Crippen molar-refractivity contribution in [3.05, 3.63) is 107 Å². The Morgan fingerprint density at radius 3 is 1.98 bits per heavy atom. The van der Waals surface area contributed by atoms with E-state index in [9.17, 15) is 14.4 Å². The molecule has 264 valence electrons. The molecular weight excluding hydrogens is 660 g/mol. The summed E-state index contributed by atoms with van der Waals surface area (Å²) in [6, 6.07) is 22.9. The van der Waals surface area contributed by atoms with Gasteiger partial charge in [0.05, 0.1) is 60.0 Å². The van der Waals surface area contributed by atoms with Crippen molar-refractivity contribution in [1.29, 1.82) is 0 Å². The molecule has 12 heteroatoms. The number of hydrogen-bond donors (Lipinski definition) is 0. The SMILES string of the molecule is O=C1c2c(c(=O)c3ccccc3n2CCN2CCOCC2)-c2cccn21.O=C1c2nc3ccccc3c(OCCN3CCOCC3)c2-c2cccn21. The van der Waals surface area contributed by atoms with Crippen molar-refractivity contribution in [2.24, 2.45) is 0 Å². The molecule has 52 heavy (non-hydrogen) atoms. The molecule has 0 aliphatic carbocycles. The molecule has 2 aromatic carbocycles. The van der Waals surface area contributed by atoms with Gasteiger partial charge in [-0.25, -0.2) is 4.98 Å². The number of benzene rings is 2. The average Bonchev–Trinajstić information content (AvgIpc) is 3.98. The Morgan fingerprint density at radius 2 is 1.25 bits per heavy atom. The molecule has 0 unspecified atom stereocenters. The maximum Gasteiger partial charge on any atom is 0.281 e. The van der Waals surface area contributed by atoms with Crippen molar-refractivity contribution in [2.45, 2.75) is 6.54 Å². The summed E-state index contributed by atoms with van der Waals surface area (Å²) < 4.78 is 22.3. The van der Waals surface area contributed by atoms with Crippen LogP contribution in [0.25, 0.3) is 44.3 Å². The van der Waals surface area contributed by atoms with Gasteiger partial charge in [-0.1, -0.05) is 24.3 Å². The quantitative estimate of drug-likeness (QED) is 0.242. The molecule has 0 bridgehead atoms. The van der Waals surface area contributed by atoms with Crippen molar-refractivity contribution in [2.75, 3.05) is 72.3 Å². The van der Waals surface area contributed by atoms with Crippen LogP contribution in [0.1, 0.15) is 21.0 Å². The predicted molar refractivity (Wildman–Crippen MR) is 196 cm³/mol. The van der Waals surface area contributed by atoms with E-state index in [-0.39, 0.29) is 17.2 Å². The molecule has 4 aromatic heterocycles. The Kier molecular flexibility index (Phi) is 8.51. The van der Waals surface area contributed by atoms with Crippen LogP contribution in [0.5, 0.6) is 5.75 Å². The average molecular weight is 699 g/mol. The monoisotopic (exact) mass is 698 g/mol. The van der Waals surface area contributed by atoms with Crippen LogP contribution in [0, 0.1) is 0 Å². The number of rotatable bonds is 7. The van der Waals surface area contributed by atoms with Crippen molar-refractivity contribution in [3.8, 4) is 28.3 Å². The lowest BCUT2D eigenvalue weighted by molar-refractivity contribution is 0.0323. The highest BCUT2D eigenvalue weighted by Gasteiger charge is 2.34. The minimum atomic E-state index is -0.121. The van der Waals surface area contributed by atoms with E-state index in [1.165, 1.54) is 0 Å². The molecule has 0 radical (unpaired) electrons. The molecule has 0 N–H and O–H groups in total. The number of carbonyl (C=O) groups excluding carboxylic acids is 2. The van der Waals surface area contributed by atoms with Crippen molar-refractivity contribution < 1.29 is 23.8 Å². The molecule has 0 amide bonds. The second-order valence-corrected chi connectivity index (χ2v) is 13.3. The van der Waals surface area contributed by atoms with Crippen LogP contribution < -0.4 is 10.2 Å². The van der Waals surface area contributed by atoms with Gasteiger partial charge in [0.1, 0.15) is 23.7 Å². The van der Waals surface area contributed by atoms with Crippen LogP contribution in [-0.4, -0.2) is 113 Å². The van der Waals surface area contributed by atoms with Gasteiger partial charge >= 0.3 is 0 Å². The lowest BCUT2D eigenvalue weighted by atomic mass is 10.1. The maximum absolute atomic E-state index is 13.1. The van der Waals surface area contributed by atoms with E-state index in [2.05, 4.69) is 14.8 Å². The number of morpholine rings is 2. The van der Waals surface area contributed by atoms with E-state index < -0.39 is 0 Å². The van der Waals surface area contributed by atoms with E-state index >= 15 is 0 Å². The standard InChI is InChI=1S/2C20H19N3O3/c24-20-18-17(16-6-3-7-23(16)20)19(14-4-1-2-5-15(14)21-18)26-13-10-22-8-11-25-12-9-22;24-19-14-4-1-2-5-15(14)22(9-8-21-10-12-26-13-11-21)18-17(19)16-6-3-7-23(16)20(18)25/h2*1-7H,8-13H2. The number of ether oxygens (including phenoxy) is 3. The summed E-state index contributed by atoms with van der Waals surface area (Å²) in [6.45, 7) is 9.58. The van der Waals surface area contributed by atoms with Gasteiger partial charge < -0.3 is 18.8 Å². The van der Waals surface area contributed by atoms with Gasteiger partial charge in [0, 0.05) is 69.0 Å². The van der Waals surface area contributed by atoms with Crippen LogP contribution in [-0.2, 0) is 16.0 Å². The van der Waals surface area contributed by atoms with Gasteiger partial charge in [0.15, 0.2) is 5.43 Å². The van der Waals surface area contributed by atoms with Crippen LogP contribution in [0.4, 0.5) is 0 Å². The highest BCUT2D eigenvalue weighted by Crippen LogP contribution is 2.42. The number of hydrogen-bond acceptors (Lipinski definition) is 9. The zero-order valence-electron chi connectivity index (χ0n) is 28.7. The molecule has 4 aliphatic heterocycles. The number of pyridine rings is 2. The van der Waals surface area contributed by atoms with E-state index in [0.29, 0.717) is 41.2 Å². The fraction of sp³-hybridized carbons (Fsp3) is 0.300. The molecule has 0 spiro atoms. The fourth-order valence-electron chi connectivity index (χ4n) is 7.73. The molecule has 12 nitrogen and oxygen atoms in total. The summed E-state index contributed by atoms with van der Waals surface area (Å²) in [7, 11) is 0. The first kappa shape index (κ1) is 32.5. The summed E-state index contributed by atoms with van der Waals surface area (Å²) in [5.41, 5.74) is 5.41. The third kappa shape index (κ3) is 5.55. The van der Waals surface area contributed by atoms with Crippen LogP contribution in [0.2, 0.25) is 0 Å². The molecule has 8 heterocycles. The molecule has 2 saturated heterocycles. The van der Waals surface area contributed by atoms with E-state index in [0.717, 1.165) is 99.1 Å². The maximum atomic E-state index is 13.1. The summed E-state index contributed by atoms with van der Waals surface area (Å²) in [6.07, 6.45) is 3.51. The zero-order valence-corrected chi connectivity index (χ0v) is 28.7. The van der Waals surface area contributed by atoms with Crippen molar-refractivity contribution in [3.63, 3.8) is 0 Å². The molecule has 10 rings (SSSR count). The minimum absolute atomic E-state index is 0.0657. The largest absolute Gasteiger partial charge is 0.491 e. The highest BCUT2D eigenvalue weighted by atomic mass is 16.5. The lowest BCUT2D eigenvalue weighted by Crippen LogP contribution is -2.38. The minimum Gasteiger partial charge on any atom is -0.491 e. The van der Waals surface area contributed by atoms with E-state index in [1.807, 2.05) is 77.4 Å². The third-order valence-electron chi connectivity index (χ3n) is 10.4. The van der Waals surface area contributed by atoms with Crippen molar-refractivity contribution in [1.82, 2.24) is 28.5 Å². The number of nitrogens with zero attached hydrogens (tertiary/aromatic N) is 6. The molecule has 0 atom stereocenters. The van der Waals surface area contributed by atoms with Gasteiger partial charge in [0.25, 0.3) is 11.8 Å². The molecule has 6 aromatic rings. The van der Waals surface area contributed by atoms with Gasteiger partial charge in [-0.2, -0.15) is 0 Å².